The number of hydrogen-bond donors (Lipinski definition) is 3. The van der Waals surface area contributed by atoms with E-state index >= 15 is 0 Å². The van der Waals surface area contributed by atoms with Gasteiger partial charge in [0, 0.05) is 5.56 Å². The van der Waals surface area contributed by atoms with Crippen molar-refractivity contribution in [1.29, 1.82) is 0 Å². The molecule has 108 valence electrons. The van der Waals surface area contributed by atoms with Gasteiger partial charge in [-0.15, -0.1) is 0 Å². The maximum Gasteiger partial charge on any atom is 0.326 e. The number of nitrogens with one attached hydrogen (secondary N) is 1. The zero-order valence-electron chi connectivity index (χ0n) is 10.1. The van der Waals surface area contributed by atoms with E-state index in [-0.39, 0.29) is 5.56 Å². The number of carbonyl (C=O) groups is 3. The van der Waals surface area contributed by atoms with Gasteiger partial charge in [0.1, 0.15) is 6.04 Å². The second-order valence-corrected chi connectivity index (χ2v) is 3.95. The van der Waals surface area contributed by atoms with Crippen LogP contribution >= 0.6 is 0 Å². The minimum absolute atomic E-state index is 0.248. The van der Waals surface area contributed by atoms with Crippen LogP contribution in [0.1, 0.15) is 12.0 Å². The molecule has 3 N–H and O–H groups in total. The molecule has 0 bridgehead atoms. The molecule has 20 heavy (non-hydrogen) atoms. The average Bonchev–Trinajstić information content (AvgIpc) is 2.33. The Morgan fingerprint density at radius 3 is 2.40 bits per heavy atom. The first-order valence-electron chi connectivity index (χ1n) is 5.48. The van der Waals surface area contributed by atoms with Crippen molar-refractivity contribution in [2.75, 3.05) is 0 Å². The van der Waals surface area contributed by atoms with E-state index in [0.29, 0.717) is 0 Å². The molecule has 1 aromatic carbocycles. The van der Waals surface area contributed by atoms with Crippen molar-refractivity contribution in [3.8, 4) is 0 Å². The Kier molecular flexibility index (Phi) is 5.13. The fourth-order valence-corrected chi connectivity index (χ4v) is 1.48. The highest BCUT2D eigenvalue weighted by Gasteiger charge is 2.23. The number of rotatable bonds is 6. The van der Waals surface area contributed by atoms with Gasteiger partial charge in [-0.1, -0.05) is 12.1 Å². The van der Waals surface area contributed by atoms with E-state index in [2.05, 4.69) is 0 Å². The Morgan fingerprint density at radius 1 is 1.20 bits per heavy atom. The first-order chi connectivity index (χ1) is 9.31. The van der Waals surface area contributed by atoms with E-state index < -0.39 is 48.4 Å². The quantitative estimate of drug-likeness (QED) is 0.709. The Morgan fingerprint density at radius 2 is 1.85 bits per heavy atom. The van der Waals surface area contributed by atoms with Crippen LogP contribution in [0.15, 0.2) is 18.2 Å². The fourth-order valence-electron chi connectivity index (χ4n) is 1.48. The van der Waals surface area contributed by atoms with Crippen LogP contribution in [0.3, 0.4) is 0 Å². The zero-order chi connectivity index (χ0) is 15.3. The van der Waals surface area contributed by atoms with Crippen LogP contribution in [0.4, 0.5) is 8.78 Å². The first-order valence-corrected chi connectivity index (χ1v) is 5.48. The van der Waals surface area contributed by atoms with Gasteiger partial charge in [0.2, 0.25) is 5.91 Å². The molecule has 0 saturated heterocycles. The van der Waals surface area contributed by atoms with Gasteiger partial charge in [-0.2, -0.15) is 0 Å². The van der Waals surface area contributed by atoms with E-state index in [1.165, 1.54) is 12.1 Å². The second-order valence-electron chi connectivity index (χ2n) is 3.95. The molecule has 0 aromatic heterocycles. The second kappa shape index (κ2) is 6.60. The number of carbonyl (C=O) groups excluding carboxylic acids is 1. The number of carboxylic acids is 2. The van der Waals surface area contributed by atoms with Crippen LogP contribution in [0, 0.1) is 11.6 Å². The topological polar surface area (TPSA) is 104 Å². The standard InChI is InChI=1S/C12H11F2NO5/c13-7-3-1-2-6(11(7)14)4-9(16)15-8(12(19)20)5-10(17)18/h1-3,8H,4-5H2,(H,15,16)(H,17,18)(H,19,20). The molecule has 0 saturated carbocycles. The molecule has 0 heterocycles. The van der Waals surface area contributed by atoms with Crippen LogP contribution in [-0.4, -0.2) is 34.1 Å². The lowest BCUT2D eigenvalue weighted by molar-refractivity contribution is -0.147. The summed E-state index contributed by atoms with van der Waals surface area (Å²) in [6.07, 6.45) is -1.40. The Bertz CT molecular complexity index is 547. The maximum absolute atomic E-state index is 13.3. The number of carboxylic acid groups (broad SMARTS) is 2. The third-order valence-corrected chi connectivity index (χ3v) is 2.39. The van der Waals surface area contributed by atoms with Crippen LogP contribution in [0.25, 0.3) is 0 Å². The molecule has 1 rings (SSSR count). The Labute approximate surface area is 112 Å². The van der Waals surface area contributed by atoms with Crippen molar-refractivity contribution >= 4 is 17.8 Å². The molecule has 1 aromatic rings. The number of hydrogen-bond acceptors (Lipinski definition) is 3. The molecule has 6 nitrogen and oxygen atoms in total. The van der Waals surface area contributed by atoms with Crippen molar-refractivity contribution in [1.82, 2.24) is 5.32 Å². The van der Waals surface area contributed by atoms with Crippen molar-refractivity contribution in [3.63, 3.8) is 0 Å². The van der Waals surface area contributed by atoms with Crippen molar-refractivity contribution in [2.24, 2.45) is 0 Å². The van der Waals surface area contributed by atoms with Gasteiger partial charge in [0.15, 0.2) is 11.6 Å². The monoisotopic (exact) mass is 287 g/mol. The van der Waals surface area contributed by atoms with Gasteiger partial charge in [-0.3, -0.25) is 9.59 Å². The van der Waals surface area contributed by atoms with Gasteiger partial charge in [0.05, 0.1) is 12.8 Å². The molecular formula is C12H11F2NO5. The molecule has 1 amide bonds. The summed E-state index contributed by atoms with van der Waals surface area (Å²) >= 11 is 0. The summed E-state index contributed by atoms with van der Waals surface area (Å²) < 4.78 is 26.2. The summed E-state index contributed by atoms with van der Waals surface area (Å²) in [5.74, 6) is -6.18. The normalized spacial score (nSPS) is 11.7. The molecule has 0 fully saturated rings. The highest BCUT2D eigenvalue weighted by atomic mass is 19.2. The smallest absolute Gasteiger partial charge is 0.326 e. The minimum atomic E-state index is -1.63. The van der Waals surface area contributed by atoms with Gasteiger partial charge in [-0.25, -0.2) is 13.6 Å². The minimum Gasteiger partial charge on any atom is -0.481 e. The summed E-state index contributed by atoms with van der Waals surface area (Å²) in [5.41, 5.74) is -0.248. The van der Waals surface area contributed by atoms with E-state index in [4.69, 9.17) is 10.2 Å². The van der Waals surface area contributed by atoms with Crippen LogP contribution in [0.5, 0.6) is 0 Å². The summed E-state index contributed by atoms with van der Waals surface area (Å²) in [6, 6.07) is 1.62. The molecule has 0 aliphatic carbocycles. The number of benzene rings is 1. The summed E-state index contributed by atoms with van der Waals surface area (Å²) in [6.45, 7) is 0. The highest BCUT2D eigenvalue weighted by Crippen LogP contribution is 2.12. The van der Waals surface area contributed by atoms with E-state index in [9.17, 15) is 23.2 Å². The molecule has 0 aliphatic rings. The molecule has 1 unspecified atom stereocenters. The zero-order valence-corrected chi connectivity index (χ0v) is 10.1. The van der Waals surface area contributed by atoms with Crippen LogP contribution in [-0.2, 0) is 20.8 Å². The van der Waals surface area contributed by atoms with Crippen LogP contribution < -0.4 is 5.32 Å². The SMILES string of the molecule is O=C(O)CC(NC(=O)Cc1cccc(F)c1F)C(=O)O. The van der Waals surface area contributed by atoms with Gasteiger partial charge in [0.25, 0.3) is 0 Å². The lowest BCUT2D eigenvalue weighted by Gasteiger charge is -2.12. The van der Waals surface area contributed by atoms with Crippen molar-refractivity contribution in [3.05, 3.63) is 35.4 Å². The van der Waals surface area contributed by atoms with Crippen molar-refractivity contribution in [2.45, 2.75) is 18.9 Å². The van der Waals surface area contributed by atoms with Crippen molar-refractivity contribution < 1.29 is 33.4 Å². The lowest BCUT2D eigenvalue weighted by Crippen LogP contribution is -2.43. The number of halogens is 2. The average molecular weight is 287 g/mol. The third-order valence-electron chi connectivity index (χ3n) is 2.39. The van der Waals surface area contributed by atoms with E-state index in [0.717, 1.165) is 6.07 Å². The fraction of sp³-hybridized carbons (Fsp3) is 0.250. The predicted molar refractivity (Wildman–Crippen MR) is 61.9 cm³/mol. The number of aliphatic carboxylic acids is 2. The molecule has 1 atom stereocenters. The summed E-state index contributed by atoms with van der Waals surface area (Å²) in [4.78, 5) is 32.7. The summed E-state index contributed by atoms with van der Waals surface area (Å²) in [5, 5.41) is 19.1. The van der Waals surface area contributed by atoms with Gasteiger partial charge in [-0.05, 0) is 6.07 Å². The number of amides is 1. The maximum atomic E-state index is 13.3. The third kappa shape index (κ3) is 4.30. The predicted octanol–water partition coefficient (Wildman–Crippen LogP) is 0.551. The molecule has 8 heteroatoms. The van der Waals surface area contributed by atoms with E-state index in [1.54, 1.807) is 0 Å². The van der Waals surface area contributed by atoms with Crippen LogP contribution in [0.2, 0.25) is 0 Å². The first kappa shape index (κ1) is 15.5. The summed E-state index contributed by atoms with van der Waals surface area (Å²) in [7, 11) is 0. The highest BCUT2D eigenvalue weighted by molar-refractivity contribution is 5.87. The van der Waals surface area contributed by atoms with Gasteiger partial charge >= 0.3 is 11.9 Å². The molecule has 0 spiro atoms. The lowest BCUT2D eigenvalue weighted by atomic mass is 10.1. The molecule has 0 radical (unpaired) electrons. The van der Waals surface area contributed by atoms with E-state index in [1.807, 2.05) is 5.32 Å². The molecule has 0 aliphatic heterocycles. The largest absolute Gasteiger partial charge is 0.481 e. The Balaban J connectivity index is 2.73. The Hall–Kier alpha value is -2.51. The van der Waals surface area contributed by atoms with Gasteiger partial charge < -0.3 is 15.5 Å². The molecular weight excluding hydrogens is 276 g/mol.